The van der Waals surface area contributed by atoms with Gasteiger partial charge in [-0.25, -0.2) is 0 Å². The number of nitrogens with one attached hydrogen (secondary N) is 1. The molecule has 1 saturated carbocycles. The number of para-hydroxylation sites is 1. The predicted octanol–water partition coefficient (Wildman–Crippen LogP) is 3.18. The van der Waals surface area contributed by atoms with Crippen molar-refractivity contribution in [1.29, 1.82) is 0 Å². The van der Waals surface area contributed by atoms with Crippen molar-refractivity contribution in [2.45, 2.75) is 25.8 Å². The Morgan fingerprint density at radius 1 is 1.25 bits per heavy atom. The van der Waals surface area contributed by atoms with Gasteiger partial charge in [-0.15, -0.1) is 0 Å². The lowest BCUT2D eigenvalue weighted by Gasteiger charge is -2.17. The van der Waals surface area contributed by atoms with E-state index < -0.39 is 7.14 Å². The molecule has 0 unspecified atom stereocenters. The Hall–Kier alpha value is -2.46. The fraction of sp³-hybridized carbons (Fsp3) is 0.381. The quantitative estimate of drug-likeness (QED) is 0.758. The maximum absolute atomic E-state index is 12.7. The van der Waals surface area contributed by atoms with Crippen LogP contribution in [0, 0.1) is 5.92 Å². The molecule has 146 valence electrons. The molecule has 1 aromatic heterocycles. The van der Waals surface area contributed by atoms with Crippen LogP contribution >= 0.6 is 7.14 Å². The molecule has 0 atom stereocenters. The summed E-state index contributed by atoms with van der Waals surface area (Å²) >= 11 is 0. The van der Waals surface area contributed by atoms with Crippen LogP contribution in [0.1, 0.15) is 34.6 Å². The Morgan fingerprint density at radius 2 is 1.96 bits per heavy atom. The van der Waals surface area contributed by atoms with E-state index in [9.17, 15) is 14.2 Å². The molecule has 0 saturated heterocycles. The van der Waals surface area contributed by atoms with Gasteiger partial charge in [0.2, 0.25) is 0 Å². The molecule has 2 aromatic rings. The van der Waals surface area contributed by atoms with Crippen molar-refractivity contribution in [3.8, 4) is 0 Å². The molecular weight excluding hydrogens is 373 g/mol. The number of aromatic nitrogens is 1. The SMILES string of the molecule is CN1Cc2nc(CC(=O)C3CC3)cc(Nc3ccccc3P(C)(C)=O)c2C1=O. The zero-order valence-electron chi connectivity index (χ0n) is 16.4. The summed E-state index contributed by atoms with van der Waals surface area (Å²) in [7, 11) is -0.768. The van der Waals surface area contributed by atoms with Crippen LogP contribution in [0.15, 0.2) is 30.3 Å². The van der Waals surface area contributed by atoms with Crippen LogP contribution in [0.2, 0.25) is 0 Å². The molecule has 1 aliphatic carbocycles. The highest BCUT2D eigenvalue weighted by Crippen LogP contribution is 2.39. The summed E-state index contributed by atoms with van der Waals surface area (Å²) in [4.78, 5) is 31.2. The summed E-state index contributed by atoms with van der Waals surface area (Å²) in [6, 6.07) is 9.23. The lowest BCUT2D eigenvalue weighted by atomic mass is 10.1. The van der Waals surface area contributed by atoms with Crippen LogP contribution in [0.5, 0.6) is 0 Å². The minimum Gasteiger partial charge on any atom is -0.354 e. The predicted molar refractivity (Wildman–Crippen MR) is 110 cm³/mol. The molecule has 0 radical (unpaired) electrons. The van der Waals surface area contributed by atoms with Gasteiger partial charge in [-0.3, -0.25) is 14.6 Å². The number of hydrogen-bond acceptors (Lipinski definition) is 5. The molecule has 1 aliphatic heterocycles. The van der Waals surface area contributed by atoms with Gasteiger partial charge < -0.3 is 14.8 Å². The molecule has 1 N–H and O–H groups in total. The first-order valence-electron chi connectivity index (χ1n) is 9.46. The highest BCUT2D eigenvalue weighted by atomic mass is 31.2. The van der Waals surface area contributed by atoms with E-state index in [1.54, 1.807) is 31.3 Å². The van der Waals surface area contributed by atoms with Gasteiger partial charge in [0.25, 0.3) is 5.91 Å². The Bertz CT molecular complexity index is 1020. The molecule has 1 amide bonds. The van der Waals surface area contributed by atoms with E-state index in [4.69, 9.17) is 0 Å². The van der Waals surface area contributed by atoms with Crippen LogP contribution in [0.4, 0.5) is 11.4 Å². The Balaban J connectivity index is 1.76. The van der Waals surface area contributed by atoms with Crippen LogP contribution in [0.25, 0.3) is 0 Å². The van der Waals surface area contributed by atoms with Crippen LogP contribution in [-0.2, 0) is 22.3 Å². The zero-order chi connectivity index (χ0) is 20.1. The van der Waals surface area contributed by atoms with Gasteiger partial charge in [-0.1, -0.05) is 12.1 Å². The fourth-order valence-electron chi connectivity index (χ4n) is 3.61. The lowest BCUT2D eigenvalue weighted by Crippen LogP contribution is -2.18. The van der Waals surface area contributed by atoms with Crippen molar-refractivity contribution in [3.63, 3.8) is 0 Å². The topological polar surface area (TPSA) is 79.4 Å². The van der Waals surface area contributed by atoms with Gasteiger partial charge in [0.15, 0.2) is 0 Å². The maximum atomic E-state index is 12.7. The molecule has 2 aliphatic rings. The largest absolute Gasteiger partial charge is 0.354 e. The van der Waals surface area contributed by atoms with Crippen LogP contribution in [0.3, 0.4) is 0 Å². The van der Waals surface area contributed by atoms with Gasteiger partial charge in [-0.05, 0) is 44.4 Å². The average molecular weight is 397 g/mol. The number of nitrogens with zero attached hydrogens (tertiary/aromatic N) is 2. The summed E-state index contributed by atoms with van der Waals surface area (Å²) in [5.74, 6) is 0.282. The number of benzene rings is 1. The number of carbonyl (C=O) groups is 2. The number of hydrogen-bond donors (Lipinski definition) is 1. The van der Waals surface area contributed by atoms with Crippen molar-refractivity contribution in [3.05, 3.63) is 47.3 Å². The number of anilines is 2. The second-order valence-electron chi connectivity index (χ2n) is 8.05. The molecular formula is C21H24N3O3P. The van der Waals surface area contributed by atoms with E-state index in [-0.39, 0.29) is 24.0 Å². The van der Waals surface area contributed by atoms with E-state index in [0.717, 1.165) is 18.1 Å². The number of amides is 1. The van der Waals surface area contributed by atoms with Crippen LogP contribution in [-0.4, -0.2) is 42.0 Å². The van der Waals surface area contributed by atoms with Crippen molar-refractivity contribution >= 4 is 35.5 Å². The normalized spacial score (nSPS) is 16.2. The number of Topliss-reactive ketones (excluding diaryl/α,β-unsaturated/α-hetero) is 1. The Kier molecular flexibility index (Phi) is 4.62. The minimum atomic E-state index is -2.51. The standard InChI is InChI=1S/C21H24N3O3P/c1-24-12-17-20(21(24)26)16(10-14(22-17)11-18(25)13-8-9-13)23-15-6-4-5-7-19(15)28(2,3)27/h4-7,10,13H,8-9,11-12H2,1-3H3,(H,22,23). The third-order valence-corrected chi connectivity index (χ3v) is 6.79. The van der Waals surface area contributed by atoms with Crippen LogP contribution < -0.4 is 10.6 Å². The minimum absolute atomic E-state index is 0.0984. The molecule has 7 heteroatoms. The first kappa shape index (κ1) is 18.9. The van der Waals surface area contributed by atoms with Gasteiger partial charge in [0, 0.05) is 30.4 Å². The Labute approximate surface area is 164 Å². The van der Waals surface area contributed by atoms with E-state index >= 15 is 0 Å². The van der Waals surface area contributed by atoms with Gasteiger partial charge in [0.05, 0.1) is 29.2 Å². The number of pyridine rings is 1. The second kappa shape index (κ2) is 6.85. The monoisotopic (exact) mass is 397 g/mol. The fourth-order valence-corrected chi connectivity index (χ4v) is 4.76. The summed E-state index contributed by atoms with van der Waals surface area (Å²) in [5, 5.41) is 4.05. The molecule has 0 spiro atoms. The highest BCUT2D eigenvalue weighted by Gasteiger charge is 2.33. The summed E-state index contributed by atoms with van der Waals surface area (Å²) < 4.78 is 12.7. The zero-order valence-corrected chi connectivity index (χ0v) is 17.3. The van der Waals surface area contributed by atoms with Gasteiger partial charge >= 0.3 is 0 Å². The van der Waals surface area contributed by atoms with E-state index in [0.29, 0.717) is 34.9 Å². The van der Waals surface area contributed by atoms with Crippen molar-refractivity contribution < 1.29 is 14.2 Å². The second-order valence-corrected chi connectivity index (χ2v) is 11.2. The smallest absolute Gasteiger partial charge is 0.257 e. The summed E-state index contributed by atoms with van der Waals surface area (Å²) in [6.07, 6.45) is 2.21. The van der Waals surface area contributed by atoms with Crippen molar-refractivity contribution in [2.75, 3.05) is 25.7 Å². The first-order chi connectivity index (χ1) is 13.2. The number of rotatable bonds is 6. The summed E-state index contributed by atoms with van der Waals surface area (Å²) in [6.45, 7) is 3.88. The first-order valence-corrected chi connectivity index (χ1v) is 12.1. The number of fused-ring (bicyclic) bond motifs is 1. The molecule has 1 fully saturated rings. The van der Waals surface area contributed by atoms with Crippen molar-refractivity contribution in [1.82, 2.24) is 9.88 Å². The number of carbonyl (C=O) groups excluding carboxylic acids is 2. The third-order valence-electron chi connectivity index (χ3n) is 5.24. The molecule has 4 rings (SSSR count). The molecule has 1 aromatic carbocycles. The van der Waals surface area contributed by atoms with Gasteiger partial charge in [-0.2, -0.15) is 0 Å². The third kappa shape index (κ3) is 3.61. The maximum Gasteiger partial charge on any atom is 0.257 e. The molecule has 0 bridgehead atoms. The molecule has 28 heavy (non-hydrogen) atoms. The van der Waals surface area contributed by atoms with E-state index in [1.165, 1.54) is 0 Å². The van der Waals surface area contributed by atoms with Crippen molar-refractivity contribution in [2.24, 2.45) is 5.92 Å². The van der Waals surface area contributed by atoms with Gasteiger partial charge in [0.1, 0.15) is 12.9 Å². The molecule has 2 heterocycles. The average Bonchev–Trinajstić information content (AvgIpc) is 3.42. The number of ketones is 1. The van der Waals surface area contributed by atoms with E-state index in [2.05, 4.69) is 10.3 Å². The van der Waals surface area contributed by atoms with E-state index in [1.807, 2.05) is 24.3 Å². The lowest BCUT2D eigenvalue weighted by molar-refractivity contribution is -0.119. The molecule has 6 nitrogen and oxygen atoms in total. The summed E-state index contributed by atoms with van der Waals surface area (Å²) in [5.41, 5.74) is 3.23. The highest BCUT2D eigenvalue weighted by molar-refractivity contribution is 7.70. The Morgan fingerprint density at radius 3 is 2.64 bits per heavy atom.